The summed E-state index contributed by atoms with van der Waals surface area (Å²) in [6, 6.07) is 7.64. The van der Waals surface area contributed by atoms with Gasteiger partial charge in [-0.3, -0.25) is 4.79 Å². The van der Waals surface area contributed by atoms with Crippen LogP contribution in [-0.4, -0.2) is 43.4 Å². The van der Waals surface area contributed by atoms with Crippen molar-refractivity contribution < 1.29 is 14.6 Å². The first-order valence-corrected chi connectivity index (χ1v) is 6.71. The average Bonchev–Trinajstić information content (AvgIpc) is 2.40. The Labute approximate surface area is 120 Å². The Morgan fingerprint density at radius 3 is 2.70 bits per heavy atom. The summed E-state index contributed by atoms with van der Waals surface area (Å²) in [6.45, 7) is 4.53. The van der Waals surface area contributed by atoms with E-state index in [9.17, 15) is 4.79 Å². The minimum atomic E-state index is -0.410. The van der Waals surface area contributed by atoms with E-state index in [1.54, 1.807) is 7.11 Å². The van der Waals surface area contributed by atoms with Crippen molar-refractivity contribution in [1.82, 2.24) is 5.32 Å². The fourth-order valence-corrected chi connectivity index (χ4v) is 1.98. The molecule has 5 heteroatoms. The number of aliphatic hydroxyl groups excluding tert-OH is 1. The number of methoxy groups -OCH3 is 1. The topological polar surface area (TPSA) is 70.6 Å². The van der Waals surface area contributed by atoms with Crippen LogP contribution in [0.4, 0.5) is 5.69 Å². The summed E-state index contributed by atoms with van der Waals surface area (Å²) in [5.41, 5.74) is 1.43. The maximum absolute atomic E-state index is 11.9. The number of aryl methyl sites for hydroxylation is 1. The van der Waals surface area contributed by atoms with Gasteiger partial charge < -0.3 is 20.5 Å². The fourth-order valence-electron chi connectivity index (χ4n) is 1.98. The number of para-hydroxylation sites is 1. The predicted molar refractivity (Wildman–Crippen MR) is 79.8 cm³/mol. The lowest BCUT2D eigenvalue weighted by atomic mass is 9.99. The predicted octanol–water partition coefficient (Wildman–Crippen LogP) is 1.31. The molecule has 1 rings (SSSR count). The van der Waals surface area contributed by atoms with Gasteiger partial charge in [0.1, 0.15) is 0 Å². The molecule has 0 bridgehead atoms. The average molecular weight is 280 g/mol. The second kappa shape index (κ2) is 7.99. The molecule has 0 aromatic heterocycles. The van der Waals surface area contributed by atoms with Crippen molar-refractivity contribution >= 4 is 11.6 Å². The van der Waals surface area contributed by atoms with Crippen LogP contribution in [0.3, 0.4) is 0 Å². The van der Waals surface area contributed by atoms with Crippen LogP contribution in [0.25, 0.3) is 0 Å². The molecular formula is C15H24N2O3. The lowest BCUT2D eigenvalue weighted by Gasteiger charge is -2.29. The highest BCUT2D eigenvalue weighted by atomic mass is 16.5. The third-order valence-electron chi connectivity index (χ3n) is 3.22. The zero-order chi connectivity index (χ0) is 15.0. The lowest BCUT2D eigenvalue weighted by molar-refractivity contribution is -0.115. The van der Waals surface area contributed by atoms with Gasteiger partial charge in [0, 0.05) is 24.9 Å². The molecule has 1 unspecified atom stereocenters. The van der Waals surface area contributed by atoms with Gasteiger partial charge in [0.05, 0.1) is 13.2 Å². The van der Waals surface area contributed by atoms with Gasteiger partial charge >= 0.3 is 0 Å². The van der Waals surface area contributed by atoms with Crippen LogP contribution >= 0.6 is 0 Å². The van der Waals surface area contributed by atoms with Gasteiger partial charge in [-0.25, -0.2) is 0 Å². The number of rotatable bonds is 8. The van der Waals surface area contributed by atoms with Crippen molar-refractivity contribution in [2.24, 2.45) is 0 Å². The SMILES string of the molecule is COCC(C)(CCO)NCC(=O)Nc1ccccc1C. The number of anilines is 1. The number of hydrogen-bond donors (Lipinski definition) is 3. The molecular weight excluding hydrogens is 256 g/mol. The first-order chi connectivity index (χ1) is 9.50. The minimum Gasteiger partial charge on any atom is -0.396 e. The molecule has 5 nitrogen and oxygen atoms in total. The maximum Gasteiger partial charge on any atom is 0.238 e. The Balaban J connectivity index is 2.52. The van der Waals surface area contributed by atoms with Gasteiger partial charge in [0.2, 0.25) is 5.91 Å². The number of nitrogens with one attached hydrogen (secondary N) is 2. The molecule has 0 aliphatic carbocycles. The van der Waals surface area contributed by atoms with Crippen molar-refractivity contribution in [2.75, 3.05) is 32.2 Å². The van der Waals surface area contributed by atoms with E-state index in [0.717, 1.165) is 11.3 Å². The molecule has 1 aromatic carbocycles. The van der Waals surface area contributed by atoms with Crippen molar-refractivity contribution in [3.63, 3.8) is 0 Å². The van der Waals surface area contributed by atoms with E-state index in [1.807, 2.05) is 38.1 Å². The van der Waals surface area contributed by atoms with Crippen molar-refractivity contribution in [2.45, 2.75) is 25.8 Å². The third kappa shape index (κ3) is 5.28. The first-order valence-electron chi connectivity index (χ1n) is 6.71. The molecule has 0 aliphatic heterocycles. The highest BCUT2D eigenvalue weighted by Crippen LogP contribution is 2.13. The molecule has 20 heavy (non-hydrogen) atoms. The smallest absolute Gasteiger partial charge is 0.238 e. The number of amides is 1. The largest absolute Gasteiger partial charge is 0.396 e. The number of carbonyl (C=O) groups is 1. The molecule has 0 heterocycles. The second-order valence-electron chi connectivity index (χ2n) is 5.18. The number of benzene rings is 1. The van der Waals surface area contributed by atoms with E-state index in [0.29, 0.717) is 13.0 Å². The van der Waals surface area contributed by atoms with Gasteiger partial charge in [-0.1, -0.05) is 18.2 Å². The molecule has 1 aromatic rings. The van der Waals surface area contributed by atoms with Crippen LogP contribution in [0.5, 0.6) is 0 Å². The summed E-state index contributed by atoms with van der Waals surface area (Å²) in [4.78, 5) is 11.9. The van der Waals surface area contributed by atoms with E-state index in [2.05, 4.69) is 10.6 Å². The molecule has 1 atom stereocenters. The van der Waals surface area contributed by atoms with Gasteiger partial charge in [-0.05, 0) is 31.9 Å². The summed E-state index contributed by atoms with van der Waals surface area (Å²) < 4.78 is 5.12. The lowest BCUT2D eigenvalue weighted by Crippen LogP contribution is -2.49. The molecule has 0 saturated carbocycles. The highest BCUT2D eigenvalue weighted by Gasteiger charge is 2.23. The maximum atomic E-state index is 11.9. The number of aliphatic hydroxyl groups is 1. The molecule has 0 radical (unpaired) electrons. The van der Waals surface area contributed by atoms with Crippen LogP contribution in [0.2, 0.25) is 0 Å². The van der Waals surface area contributed by atoms with Crippen molar-refractivity contribution in [1.29, 1.82) is 0 Å². The second-order valence-corrected chi connectivity index (χ2v) is 5.18. The van der Waals surface area contributed by atoms with Crippen molar-refractivity contribution in [3.05, 3.63) is 29.8 Å². The first kappa shape index (κ1) is 16.6. The van der Waals surface area contributed by atoms with Gasteiger partial charge in [0.25, 0.3) is 0 Å². The zero-order valence-corrected chi connectivity index (χ0v) is 12.4. The van der Waals surface area contributed by atoms with Crippen LogP contribution in [0.15, 0.2) is 24.3 Å². The normalized spacial score (nSPS) is 13.8. The zero-order valence-electron chi connectivity index (χ0n) is 12.4. The summed E-state index contributed by atoms with van der Waals surface area (Å²) in [5.74, 6) is -0.112. The molecule has 1 amide bonds. The summed E-state index contributed by atoms with van der Waals surface area (Å²) in [6.07, 6.45) is 0.526. The van der Waals surface area contributed by atoms with E-state index in [4.69, 9.17) is 9.84 Å². The quantitative estimate of drug-likeness (QED) is 0.671. The standard InChI is InChI=1S/C15H24N2O3/c1-12-6-4-5-7-13(12)17-14(19)10-16-15(2,8-9-18)11-20-3/h4-7,16,18H,8-11H2,1-3H3,(H,17,19). The molecule has 112 valence electrons. The molecule has 0 spiro atoms. The van der Waals surface area contributed by atoms with E-state index >= 15 is 0 Å². The van der Waals surface area contributed by atoms with Crippen LogP contribution < -0.4 is 10.6 Å². The van der Waals surface area contributed by atoms with E-state index < -0.39 is 5.54 Å². The van der Waals surface area contributed by atoms with E-state index in [1.165, 1.54) is 0 Å². The molecule has 0 fully saturated rings. The van der Waals surface area contributed by atoms with Crippen LogP contribution in [0.1, 0.15) is 18.9 Å². The summed E-state index contributed by atoms with van der Waals surface area (Å²) in [5, 5.41) is 15.1. The number of hydrogen-bond acceptors (Lipinski definition) is 4. The number of carbonyl (C=O) groups excluding carboxylic acids is 1. The fraction of sp³-hybridized carbons (Fsp3) is 0.533. The van der Waals surface area contributed by atoms with Crippen LogP contribution in [0, 0.1) is 6.92 Å². The van der Waals surface area contributed by atoms with Crippen molar-refractivity contribution in [3.8, 4) is 0 Å². The summed E-state index contributed by atoms with van der Waals surface area (Å²) >= 11 is 0. The molecule has 0 saturated heterocycles. The Hall–Kier alpha value is -1.43. The van der Waals surface area contributed by atoms with Gasteiger partial charge in [0.15, 0.2) is 0 Å². The molecule has 0 aliphatic rings. The summed E-state index contributed by atoms with van der Waals surface area (Å²) in [7, 11) is 1.60. The van der Waals surface area contributed by atoms with Gasteiger partial charge in [-0.15, -0.1) is 0 Å². The third-order valence-corrected chi connectivity index (χ3v) is 3.22. The Morgan fingerprint density at radius 1 is 1.40 bits per heavy atom. The monoisotopic (exact) mass is 280 g/mol. The minimum absolute atomic E-state index is 0.0479. The van der Waals surface area contributed by atoms with E-state index in [-0.39, 0.29) is 19.1 Å². The van der Waals surface area contributed by atoms with Gasteiger partial charge in [-0.2, -0.15) is 0 Å². The Bertz CT molecular complexity index is 429. The molecule has 3 N–H and O–H groups in total. The highest BCUT2D eigenvalue weighted by molar-refractivity contribution is 5.92. The Kier molecular flexibility index (Phi) is 6.64. The number of ether oxygens (including phenoxy) is 1. The van der Waals surface area contributed by atoms with Crippen LogP contribution in [-0.2, 0) is 9.53 Å². The Morgan fingerprint density at radius 2 is 2.10 bits per heavy atom.